The van der Waals surface area contributed by atoms with Crippen LogP contribution < -0.4 is 10.6 Å². The molecule has 1 amide bonds. The van der Waals surface area contributed by atoms with Crippen molar-refractivity contribution in [2.45, 2.75) is 52.5 Å². The lowest BCUT2D eigenvalue weighted by Crippen LogP contribution is -2.52. The summed E-state index contributed by atoms with van der Waals surface area (Å²) in [5.41, 5.74) is -0.230. The highest BCUT2D eigenvalue weighted by Crippen LogP contribution is 2.33. The zero-order valence-corrected chi connectivity index (χ0v) is 11.4. The van der Waals surface area contributed by atoms with E-state index in [4.69, 9.17) is 0 Å². The van der Waals surface area contributed by atoms with Gasteiger partial charge < -0.3 is 10.6 Å². The van der Waals surface area contributed by atoms with E-state index in [9.17, 15) is 4.79 Å². The van der Waals surface area contributed by atoms with Crippen molar-refractivity contribution in [3.8, 4) is 0 Å². The van der Waals surface area contributed by atoms with Crippen LogP contribution in [0.2, 0.25) is 0 Å². The highest BCUT2D eigenvalue weighted by molar-refractivity contribution is 5.82. The number of carbonyl (C=O) groups is 1. The van der Waals surface area contributed by atoms with E-state index >= 15 is 0 Å². The third kappa shape index (κ3) is 2.82. The summed E-state index contributed by atoms with van der Waals surface area (Å²) in [4.78, 5) is 12.3. The van der Waals surface area contributed by atoms with Crippen LogP contribution in [0.3, 0.4) is 0 Å². The molecule has 3 heteroatoms. The van der Waals surface area contributed by atoms with Gasteiger partial charge in [0.2, 0.25) is 5.91 Å². The first-order valence-electron chi connectivity index (χ1n) is 7.02. The van der Waals surface area contributed by atoms with E-state index in [-0.39, 0.29) is 11.3 Å². The Labute approximate surface area is 105 Å². The summed E-state index contributed by atoms with van der Waals surface area (Å²) in [7, 11) is 0. The second-order valence-electron chi connectivity index (χ2n) is 6.51. The Morgan fingerprint density at radius 2 is 2.06 bits per heavy atom. The predicted octanol–water partition coefficient (Wildman–Crippen LogP) is 1.93. The molecule has 0 radical (unpaired) electrons. The van der Waals surface area contributed by atoms with E-state index in [1.807, 2.05) is 0 Å². The fourth-order valence-electron chi connectivity index (χ4n) is 3.04. The molecule has 0 aromatic heterocycles. The normalized spacial score (nSPS) is 33.9. The van der Waals surface area contributed by atoms with Crippen LogP contribution in [0, 0.1) is 17.3 Å². The summed E-state index contributed by atoms with van der Waals surface area (Å²) in [6.07, 6.45) is 4.69. The molecule has 1 heterocycles. The average Bonchev–Trinajstić information content (AvgIpc) is 2.28. The van der Waals surface area contributed by atoms with Crippen LogP contribution in [0.15, 0.2) is 0 Å². The highest BCUT2D eigenvalue weighted by atomic mass is 16.2. The molecule has 2 aliphatic rings. The summed E-state index contributed by atoms with van der Waals surface area (Å²) in [6.45, 7) is 8.54. The number of piperidine rings is 1. The number of carbonyl (C=O) groups excluding carboxylic acids is 1. The molecule has 1 aliphatic heterocycles. The summed E-state index contributed by atoms with van der Waals surface area (Å²) in [5.74, 6) is 1.52. The number of hydrogen-bond donors (Lipinski definition) is 2. The molecule has 1 saturated heterocycles. The van der Waals surface area contributed by atoms with E-state index < -0.39 is 0 Å². The monoisotopic (exact) mass is 238 g/mol. The van der Waals surface area contributed by atoms with Gasteiger partial charge in [0.1, 0.15) is 0 Å². The molecule has 2 fully saturated rings. The van der Waals surface area contributed by atoms with Crippen molar-refractivity contribution in [2.75, 3.05) is 13.1 Å². The van der Waals surface area contributed by atoms with Crippen molar-refractivity contribution in [1.82, 2.24) is 10.6 Å². The molecule has 0 aromatic rings. The minimum Gasteiger partial charge on any atom is -0.353 e. The first kappa shape index (κ1) is 12.9. The molecule has 17 heavy (non-hydrogen) atoms. The van der Waals surface area contributed by atoms with Gasteiger partial charge in [-0.15, -0.1) is 0 Å². The molecule has 0 bridgehead atoms. The molecule has 1 unspecified atom stereocenters. The van der Waals surface area contributed by atoms with E-state index in [2.05, 4.69) is 31.4 Å². The third-order valence-electron chi connectivity index (χ3n) is 4.61. The zero-order valence-electron chi connectivity index (χ0n) is 11.4. The molecule has 1 aliphatic carbocycles. The van der Waals surface area contributed by atoms with Crippen LogP contribution in [0.5, 0.6) is 0 Å². The summed E-state index contributed by atoms with van der Waals surface area (Å²) in [6, 6.07) is 0.438. The van der Waals surface area contributed by atoms with Gasteiger partial charge in [0, 0.05) is 11.5 Å². The van der Waals surface area contributed by atoms with Crippen LogP contribution in [-0.4, -0.2) is 25.0 Å². The standard InChI is InChI=1S/C14H26N2O/c1-10-7-12(8-10)16-13(17)14(2,3)11-5-4-6-15-9-11/h10-12,15H,4-9H2,1-3H3,(H,16,17). The fourth-order valence-corrected chi connectivity index (χ4v) is 3.04. The average molecular weight is 238 g/mol. The van der Waals surface area contributed by atoms with Gasteiger partial charge in [-0.3, -0.25) is 4.79 Å². The third-order valence-corrected chi connectivity index (χ3v) is 4.61. The highest BCUT2D eigenvalue weighted by Gasteiger charge is 2.39. The Morgan fingerprint density at radius 1 is 1.35 bits per heavy atom. The van der Waals surface area contributed by atoms with Gasteiger partial charge in [-0.25, -0.2) is 0 Å². The lowest BCUT2D eigenvalue weighted by molar-refractivity contribution is -0.134. The minimum absolute atomic E-state index is 0.230. The van der Waals surface area contributed by atoms with Crippen molar-refractivity contribution in [3.63, 3.8) is 0 Å². The SMILES string of the molecule is CC1CC(NC(=O)C(C)(C)C2CCCNC2)C1. The maximum atomic E-state index is 12.3. The Hall–Kier alpha value is -0.570. The molecular formula is C14H26N2O. The molecule has 98 valence electrons. The largest absolute Gasteiger partial charge is 0.353 e. The smallest absolute Gasteiger partial charge is 0.226 e. The second-order valence-corrected chi connectivity index (χ2v) is 6.51. The maximum Gasteiger partial charge on any atom is 0.226 e. The fraction of sp³-hybridized carbons (Fsp3) is 0.929. The van der Waals surface area contributed by atoms with E-state index in [0.29, 0.717) is 12.0 Å². The molecule has 0 aromatic carbocycles. The van der Waals surface area contributed by atoms with E-state index in [1.165, 1.54) is 12.8 Å². The van der Waals surface area contributed by atoms with Gasteiger partial charge in [0.25, 0.3) is 0 Å². The maximum absolute atomic E-state index is 12.3. The predicted molar refractivity (Wildman–Crippen MR) is 69.7 cm³/mol. The van der Waals surface area contributed by atoms with Gasteiger partial charge in [-0.05, 0) is 50.6 Å². The lowest BCUT2D eigenvalue weighted by Gasteiger charge is -2.40. The van der Waals surface area contributed by atoms with Gasteiger partial charge in [0.05, 0.1) is 0 Å². The van der Waals surface area contributed by atoms with Crippen molar-refractivity contribution >= 4 is 5.91 Å². The molecule has 2 rings (SSSR count). The van der Waals surface area contributed by atoms with E-state index in [0.717, 1.165) is 31.8 Å². The minimum atomic E-state index is -0.230. The Morgan fingerprint density at radius 3 is 2.59 bits per heavy atom. The molecular weight excluding hydrogens is 212 g/mol. The van der Waals surface area contributed by atoms with Crippen LogP contribution >= 0.6 is 0 Å². The molecule has 2 N–H and O–H groups in total. The zero-order chi connectivity index (χ0) is 12.5. The number of rotatable bonds is 3. The topological polar surface area (TPSA) is 41.1 Å². The Bertz CT molecular complexity index is 276. The number of amides is 1. The van der Waals surface area contributed by atoms with Crippen LogP contribution in [-0.2, 0) is 4.79 Å². The first-order valence-corrected chi connectivity index (χ1v) is 7.02. The Balaban J connectivity index is 1.87. The lowest BCUT2D eigenvalue weighted by atomic mass is 9.73. The van der Waals surface area contributed by atoms with Crippen LogP contribution in [0.1, 0.15) is 46.5 Å². The van der Waals surface area contributed by atoms with Crippen LogP contribution in [0.4, 0.5) is 0 Å². The summed E-state index contributed by atoms with van der Waals surface area (Å²) in [5, 5.41) is 6.62. The van der Waals surface area contributed by atoms with Gasteiger partial charge >= 0.3 is 0 Å². The summed E-state index contributed by atoms with van der Waals surface area (Å²) < 4.78 is 0. The second kappa shape index (κ2) is 4.97. The molecule has 3 nitrogen and oxygen atoms in total. The Kier molecular flexibility index (Phi) is 3.76. The molecule has 0 spiro atoms. The van der Waals surface area contributed by atoms with Crippen molar-refractivity contribution < 1.29 is 4.79 Å². The van der Waals surface area contributed by atoms with Crippen LogP contribution in [0.25, 0.3) is 0 Å². The van der Waals surface area contributed by atoms with Gasteiger partial charge in [-0.1, -0.05) is 20.8 Å². The first-order chi connectivity index (χ1) is 8.00. The molecule has 1 atom stereocenters. The summed E-state index contributed by atoms with van der Waals surface area (Å²) >= 11 is 0. The van der Waals surface area contributed by atoms with Gasteiger partial charge in [-0.2, -0.15) is 0 Å². The van der Waals surface area contributed by atoms with E-state index in [1.54, 1.807) is 0 Å². The van der Waals surface area contributed by atoms with Crippen molar-refractivity contribution in [1.29, 1.82) is 0 Å². The molecule has 1 saturated carbocycles. The quantitative estimate of drug-likeness (QED) is 0.789. The van der Waals surface area contributed by atoms with Gasteiger partial charge in [0.15, 0.2) is 0 Å². The number of nitrogens with one attached hydrogen (secondary N) is 2. The number of hydrogen-bond acceptors (Lipinski definition) is 2. The van der Waals surface area contributed by atoms with Crippen molar-refractivity contribution in [3.05, 3.63) is 0 Å². The van der Waals surface area contributed by atoms with Crippen molar-refractivity contribution in [2.24, 2.45) is 17.3 Å².